The van der Waals surface area contributed by atoms with Crippen molar-refractivity contribution in [2.24, 2.45) is 7.05 Å². The van der Waals surface area contributed by atoms with Gasteiger partial charge in [0.15, 0.2) is 11.4 Å². The van der Waals surface area contributed by atoms with Gasteiger partial charge < -0.3 is 10.1 Å². The molecule has 0 spiro atoms. The van der Waals surface area contributed by atoms with Crippen molar-refractivity contribution in [3.8, 4) is 22.8 Å². The number of rotatable bonds is 6. The van der Waals surface area contributed by atoms with Crippen molar-refractivity contribution in [3.05, 3.63) is 81.9 Å². The second kappa shape index (κ2) is 9.94. The number of ether oxygens (including phenoxy) is 1. The first-order chi connectivity index (χ1) is 19.0. The predicted molar refractivity (Wildman–Crippen MR) is 139 cm³/mol. The van der Waals surface area contributed by atoms with E-state index in [-0.39, 0.29) is 22.9 Å². The fourth-order valence-electron chi connectivity index (χ4n) is 4.42. The number of nitrogens with zero attached hydrogens (tertiary/aromatic N) is 7. The first kappa shape index (κ1) is 26.6. The van der Waals surface area contributed by atoms with Crippen LogP contribution < -0.4 is 15.7 Å². The van der Waals surface area contributed by atoms with Crippen LogP contribution in [0.5, 0.6) is 5.88 Å². The first-order valence-electron chi connectivity index (χ1n) is 12.1. The molecule has 0 unspecified atom stereocenters. The molecule has 0 bridgehead atoms. The Labute approximate surface area is 224 Å². The highest BCUT2D eigenvalue weighted by atomic mass is 19.4. The second-order valence-corrected chi connectivity index (χ2v) is 8.80. The van der Waals surface area contributed by atoms with Gasteiger partial charge in [-0.2, -0.15) is 28.4 Å². The Morgan fingerprint density at radius 3 is 2.40 bits per heavy atom. The summed E-state index contributed by atoms with van der Waals surface area (Å²) < 4.78 is 50.0. The maximum Gasteiger partial charge on any atom is 0.434 e. The molecule has 5 aromatic rings. The van der Waals surface area contributed by atoms with Gasteiger partial charge >= 0.3 is 11.9 Å². The van der Waals surface area contributed by atoms with E-state index in [1.165, 1.54) is 22.4 Å². The molecule has 1 aromatic carbocycles. The maximum absolute atomic E-state index is 13.8. The number of benzene rings is 1. The number of amides is 1. The number of halogens is 3. The van der Waals surface area contributed by atoms with E-state index in [0.717, 1.165) is 10.7 Å². The number of pyridine rings is 1. The minimum absolute atomic E-state index is 0.0797. The first-order valence-corrected chi connectivity index (χ1v) is 12.1. The van der Waals surface area contributed by atoms with Gasteiger partial charge in [-0.3, -0.25) is 4.79 Å². The van der Waals surface area contributed by atoms with Crippen LogP contribution >= 0.6 is 0 Å². The molecule has 0 atom stereocenters. The largest absolute Gasteiger partial charge is 0.481 e. The lowest BCUT2D eigenvalue weighted by Gasteiger charge is -2.11. The Hall–Kier alpha value is -5.01. The summed E-state index contributed by atoms with van der Waals surface area (Å²) in [6.07, 6.45) is -3.73. The van der Waals surface area contributed by atoms with E-state index in [4.69, 9.17) is 4.74 Å². The average molecular weight is 553 g/mol. The van der Waals surface area contributed by atoms with Gasteiger partial charge in [-0.15, -0.1) is 0 Å². The fourth-order valence-corrected chi connectivity index (χ4v) is 4.42. The number of aryl methyl sites for hydroxylation is 3. The van der Waals surface area contributed by atoms with Gasteiger partial charge in [0.05, 0.1) is 24.7 Å². The van der Waals surface area contributed by atoms with E-state index in [2.05, 4.69) is 25.5 Å². The van der Waals surface area contributed by atoms with E-state index in [1.807, 2.05) is 0 Å². The molecule has 14 heteroatoms. The SMILES string of the molecule is CCc1c(-c2ccc(-n3c(C)nn(C)c3=O)cc2)nn2cc(C(F)(F)F)nc(C(=O)Nc3cccc(OC)n3)c12. The summed E-state index contributed by atoms with van der Waals surface area (Å²) in [6, 6.07) is 11.4. The second-order valence-electron chi connectivity index (χ2n) is 8.80. The topological polar surface area (TPSA) is 121 Å². The van der Waals surface area contributed by atoms with Crippen molar-refractivity contribution >= 4 is 17.2 Å². The van der Waals surface area contributed by atoms with Gasteiger partial charge in [0.25, 0.3) is 5.91 Å². The summed E-state index contributed by atoms with van der Waals surface area (Å²) in [5.74, 6) is -0.0991. The number of fused-ring (bicyclic) bond motifs is 1. The highest BCUT2D eigenvalue weighted by Crippen LogP contribution is 2.33. The molecule has 0 radical (unpaired) electrons. The van der Waals surface area contributed by atoms with Crippen molar-refractivity contribution < 1.29 is 22.7 Å². The van der Waals surface area contributed by atoms with Crippen LogP contribution in [-0.2, 0) is 19.6 Å². The monoisotopic (exact) mass is 552 g/mol. The number of methoxy groups -OCH3 is 1. The fraction of sp³-hybridized carbons (Fsp3) is 0.231. The minimum Gasteiger partial charge on any atom is -0.481 e. The highest BCUT2D eigenvalue weighted by molar-refractivity contribution is 6.08. The number of alkyl halides is 3. The Balaban J connectivity index is 1.64. The average Bonchev–Trinajstić information content (AvgIpc) is 3.43. The molecule has 11 nitrogen and oxygen atoms in total. The molecule has 4 heterocycles. The van der Waals surface area contributed by atoms with Crippen LogP contribution in [-0.4, -0.2) is 46.9 Å². The molecule has 0 saturated heterocycles. The highest BCUT2D eigenvalue weighted by Gasteiger charge is 2.36. The number of carbonyl (C=O) groups is 1. The van der Waals surface area contributed by atoms with Crippen LogP contribution in [0.4, 0.5) is 19.0 Å². The third-order valence-electron chi connectivity index (χ3n) is 6.23. The van der Waals surface area contributed by atoms with Crippen molar-refractivity contribution in [1.29, 1.82) is 0 Å². The molecule has 4 aromatic heterocycles. The molecular weight excluding hydrogens is 529 g/mol. The van der Waals surface area contributed by atoms with Crippen molar-refractivity contribution in [2.45, 2.75) is 26.4 Å². The van der Waals surface area contributed by atoms with Gasteiger partial charge in [0.1, 0.15) is 17.2 Å². The number of nitrogens with one attached hydrogen (secondary N) is 1. The molecule has 40 heavy (non-hydrogen) atoms. The molecule has 0 aliphatic heterocycles. The van der Waals surface area contributed by atoms with Crippen LogP contribution in [0.25, 0.3) is 22.5 Å². The van der Waals surface area contributed by atoms with Crippen molar-refractivity contribution in [3.63, 3.8) is 0 Å². The number of hydrogen-bond donors (Lipinski definition) is 1. The van der Waals surface area contributed by atoms with Gasteiger partial charge in [-0.25, -0.2) is 23.5 Å². The Morgan fingerprint density at radius 2 is 1.80 bits per heavy atom. The lowest BCUT2D eigenvalue weighted by molar-refractivity contribution is -0.141. The number of hydrogen-bond acceptors (Lipinski definition) is 7. The number of carbonyl (C=O) groups excluding carboxylic acids is 1. The minimum atomic E-state index is -4.83. The third kappa shape index (κ3) is 4.67. The Morgan fingerprint density at radius 1 is 1.07 bits per heavy atom. The summed E-state index contributed by atoms with van der Waals surface area (Å²) in [6.45, 7) is 3.50. The normalized spacial score (nSPS) is 11.7. The van der Waals surface area contributed by atoms with Crippen molar-refractivity contribution in [2.75, 3.05) is 12.4 Å². The Kier molecular flexibility index (Phi) is 6.61. The van der Waals surface area contributed by atoms with Crippen LogP contribution in [0.1, 0.15) is 34.5 Å². The summed E-state index contributed by atoms with van der Waals surface area (Å²) in [5, 5.41) is 11.0. The molecule has 0 fully saturated rings. The molecule has 1 N–H and O–H groups in total. The van der Waals surface area contributed by atoms with Crippen molar-refractivity contribution in [1.82, 2.24) is 33.9 Å². The van der Waals surface area contributed by atoms with E-state index in [9.17, 15) is 22.8 Å². The molecule has 5 rings (SSSR count). The number of anilines is 1. The van der Waals surface area contributed by atoms with Crippen LogP contribution in [0.2, 0.25) is 0 Å². The van der Waals surface area contributed by atoms with Gasteiger partial charge in [-0.1, -0.05) is 25.1 Å². The zero-order valence-electron chi connectivity index (χ0n) is 21.8. The lowest BCUT2D eigenvalue weighted by atomic mass is 10.0. The lowest BCUT2D eigenvalue weighted by Crippen LogP contribution is -2.21. The summed E-state index contributed by atoms with van der Waals surface area (Å²) in [5.41, 5.74) is 0.118. The van der Waals surface area contributed by atoms with E-state index >= 15 is 0 Å². The molecular formula is C26H23F3N8O3. The Bertz CT molecular complexity index is 1800. The third-order valence-corrected chi connectivity index (χ3v) is 6.23. The molecule has 0 aliphatic rings. The quantitative estimate of drug-likeness (QED) is 0.340. The standard InChI is InChI=1S/C26H23F3N8O3/c1-5-17-21(15-9-11-16(12-10-15)37-14(2)33-35(3)25(37)39)34-36-13-18(26(27,28)29)30-22(23(17)36)24(38)32-19-7-6-8-20(31-19)40-4/h6-13H,5H2,1-4H3,(H,31,32,38). The smallest absolute Gasteiger partial charge is 0.434 e. The molecule has 0 saturated carbocycles. The summed E-state index contributed by atoms with van der Waals surface area (Å²) >= 11 is 0. The van der Waals surface area contributed by atoms with Gasteiger partial charge in [0, 0.05) is 24.2 Å². The van der Waals surface area contributed by atoms with Crippen LogP contribution in [0.3, 0.4) is 0 Å². The molecule has 206 valence electrons. The maximum atomic E-state index is 13.8. The molecule has 1 amide bonds. The predicted octanol–water partition coefficient (Wildman–Crippen LogP) is 3.83. The van der Waals surface area contributed by atoms with E-state index in [1.54, 1.807) is 57.3 Å². The number of aromatic nitrogens is 7. The summed E-state index contributed by atoms with van der Waals surface area (Å²) in [7, 11) is 2.95. The van der Waals surface area contributed by atoms with Crippen LogP contribution in [0.15, 0.2) is 53.5 Å². The zero-order chi connectivity index (χ0) is 28.8. The van der Waals surface area contributed by atoms with Gasteiger partial charge in [-0.05, 0) is 31.5 Å². The molecule has 0 aliphatic carbocycles. The van der Waals surface area contributed by atoms with Crippen LogP contribution in [0, 0.1) is 6.92 Å². The van der Waals surface area contributed by atoms with E-state index in [0.29, 0.717) is 34.8 Å². The summed E-state index contributed by atoms with van der Waals surface area (Å²) in [4.78, 5) is 33.5. The van der Waals surface area contributed by atoms with Gasteiger partial charge in [0.2, 0.25) is 5.88 Å². The van der Waals surface area contributed by atoms with E-state index < -0.39 is 23.5 Å². The zero-order valence-corrected chi connectivity index (χ0v) is 21.8.